The molecule has 2 aromatic carbocycles. The average Bonchev–Trinajstić information content (AvgIpc) is 3.19. The van der Waals surface area contributed by atoms with E-state index < -0.39 is 0 Å². The summed E-state index contributed by atoms with van der Waals surface area (Å²) in [5.74, 6) is 1.74. The van der Waals surface area contributed by atoms with E-state index in [9.17, 15) is 0 Å². The molecule has 2 aromatic rings. The summed E-state index contributed by atoms with van der Waals surface area (Å²) in [5, 5.41) is 6.50. The van der Waals surface area contributed by atoms with E-state index in [1.54, 1.807) is 0 Å². The van der Waals surface area contributed by atoms with Crippen LogP contribution in [0.15, 0.2) is 53.5 Å². The molecule has 0 spiro atoms. The van der Waals surface area contributed by atoms with Crippen molar-refractivity contribution < 1.29 is 9.47 Å². The van der Waals surface area contributed by atoms with E-state index in [2.05, 4.69) is 52.0 Å². The molecule has 1 fully saturated rings. The summed E-state index contributed by atoms with van der Waals surface area (Å²) in [5.41, 5.74) is 3.60. The van der Waals surface area contributed by atoms with Gasteiger partial charge in [0.1, 0.15) is 5.75 Å². The Morgan fingerprint density at radius 2 is 1.81 bits per heavy atom. The summed E-state index contributed by atoms with van der Waals surface area (Å²) in [7, 11) is 0. The lowest BCUT2D eigenvalue weighted by molar-refractivity contribution is -0.105. The molecule has 1 saturated heterocycles. The smallest absolute Gasteiger partial charge is 0.199 e. The largest absolute Gasteiger partial charge is 0.465 e. The van der Waals surface area contributed by atoms with Crippen LogP contribution in [0.25, 0.3) is 0 Å². The fraction of sp³-hybridized carbons (Fsp3) is 0.381. The first kappa shape index (κ1) is 16.9. The normalized spacial score (nSPS) is 19.5. The predicted octanol–water partition coefficient (Wildman–Crippen LogP) is 3.55. The quantitative estimate of drug-likeness (QED) is 0.865. The fourth-order valence-electron chi connectivity index (χ4n) is 3.20. The van der Waals surface area contributed by atoms with Gasteiger partial charge >= 0.3 is 0 Å². The summed E-state index contributed by atoms with van der Waals surface area (Å²) in [6.45, 7) is 2.55. The van der Waals surface area contributed by atoms with Crippen molar-refractivity contribution in [1.29, 1.82) is 0 Å². The highest BCUT2D eigenvalue weighted by atomic mass is 16.7. The molecule has 1 atom stereocenters. The van der Waals surface area contributed by atoms with Gasteiger partial charge in [-0.1, -0.05) is 24.3 Å². The van der Waals surface area contributed by atoms with Gasteiger partial charge in [-0.2, -0.15) is 0 Å². The highest BCUT2D eigenvalue weighted by Crippen LogP contribution is 2.21. The topological polar surface area (TPSA) is 54.9 Å². The molecule has 0 radical (unpaired) electrons. The number of nitrogens with one attached hydrogen (secondary N) is 2. The Kier molecular flexibility index (Phi) is 5.36. The zero-order chi connectivity index (χ0) is 17.6. The van der Waals surface area contributed by atoms with E-state index in [0.717, 1.165) is 56.4 Å². The minimum absolute atomic E-state index is 0.0893. The molecule has 136 valence electrons. The van der Waals surface area contributed by atoms with Crippen LogP contribution in [0.2, 0.25) is 0 Å². The first-order valence-corrected chi connectivity index (χ1v) is 9.37. The fourth-order valence-corrected chi connectivity index (χ4v) is 3.20. The van der Waals surface area contributed by atoms with Crippen LogP contribution in [0.4, 0.5) is 5.69 Å². The van der Waals surface area contributed by atoms with Crippen molar-refractivity contribution in [3.05, 3.63) is 59.7 Å². The first-order chi connectivity index (χ1) is 12.8. The van der Waals surface area contributed by atoms with Gasteiger partial charge in [-0.25, -0.2) is 0 Å². The van der Waals surface area contributed by atoms with Gasteiger partial charge in [-0.3, -0.25) is 4.99 Å². The molecule has 0 bridgehead atoms. The van der Waals surface area contributed by atoms with Crippen LogP contribution in [0.3, 0.4) is 0 Å². The highest BCUT2D eigenvalue weighted by Gasteiger charge is 2.15. The lowest BCUT2D eigenvalue weighted by atomic mass is 10.0. The van der Waals surface area contributed by atoms with Crippen molar-refractivity contribution in [3.63, 3.8) is 0 Å². The Labute approximate surface area is 154 Å². The second-order valence-electron chi connectivity index (χ2n) is 6.71. The predicted molar refractivity (Wildman–Crippen MR) is 104 cm³/mol. The summed E-state index contributed by atoms with van der Waals surface area (Å²) in [4.78, 5) is 4.34. The van der Waals surface area contributed by atoms with Crippen molar-refractivity contribution in [3.8, 4) is 5.75 Å². The number of rotatable bonds is 5. The first-order valence-electron chi connectivity index (χ1n) is 9.37. The maximum Gasteiger partial charge on any atom is 0.199 e. The number of nitrogens with zero attached hydrogens (tertiary/aromatic N) is 1. The third kappa shape index (κ3) is 4.55. The minimum Gasteiger partial charge on any atom is -0.465 e. The summed E-state index contributed by atoms with van der Waals surface area (Å²) < 4.78 is 11.5. The third-order valence-electron chi connectivity index (χ3n) is 4.63. The van der Waals surface area contributed by atoms with E-state index >= 15 is 0 Å². The molecule has 2 aliphatic heterocycles. The molecule has 1 unspecified atom stereocenters. The Morgan fingerprint density at radius 1 is 1.04 bits per heavy atom. The van der Waals surface area contributed by atoms with Gasteiger partial charge in [-0.15, -0.1) is 0 Å². The van der Waals surface area contributed by atoms with Crippen molar-refractivity contribution in [2.45, 2.75) is 32.0 Å². The number of anilines is 1. The Hall–Kier alpha value is -2.53. The highest BCUT2D eigenvalue weighted by molar-refractivity contribution is 5.94. The zero-order valence-corrected chi connectivity index (χ0v) is 14.9. The molecule has 2 aliphatic rings. The third-order valence-corrected chi connectivity index (χ3v) is 4.63. The van der Waals surface area contributed by atoms with Crippen LogP contribution in [0, 0.1) is 0 Å². The van der Waals surface area contributed by atoms with Crippen LogP contribution in [-0.4, -0.2) is 31.9 Å². The van der Waals surface area contributed by atoms with Gasteiger partial charge in [0.05, 0.1) is 13.2 Å². The zero-order valence-electron chi connectivity index (χ0n) is 14.9. The molecule has 0 aromatic heterocycles. The number of guanidine groups is 1. The van der Waals surface area contributed by atoms with Gasteiger partial charge < -0.3 is 20.1 Å². The van der Waals surface area contributed by atoms with Crippen molar-refractivity contribution >= 4 is 11.6 Å². The second kappa shape index (κ2) is 8.23. The molecule has 5 heteroatoms. The Balaban J connectivity index is 1.31. The molecule has 5 nitrogen and oxygen atoms in total. The summed E-state index contributed by atoms with van der Waals surface area (Å²) in [6.07, 6.45) is 4.10. The van der Waals surface area contributed by atoms with Gasteiger partial charge in [0, 0.05) is 18.7 Å². The van der Waals surface area contributed by atoms with Crippen LogP contribution in [0.5, 0.6) is 5.75 Å². The maximum atomic E-state index is 5.89. The average molecular weight is 351 g/mol. The van der Waals surface area contributed by atoms with Crippen molar-refractivity contribution in [1.82, 2.24) is 5.32 Å². The van der Waals surface area contributed by atoms with E-state index in [0.29, 0.717) is 0 Å². The second-order valence-corrected chi connectivity index (χ2v) is 6.71. The Morgan fingerprint density at radius 3 is 2.46 bits per heavy atom. The maximum absolute atomic E-state index is 5.89. The van der Waals surface area contributed by atoms with Crippen LogP contribution < -0.4 is 15.4 Å². The number of aliphatic imine (C=N–C) groups is 1. The molecular weight excluding hydrogens is 326 g/mol. The van der Waals surface area contributed by atoms with Gasteiger partial charge in [0.2, 0.25) is 0 Å². The molecular formula is C21H25N3O2. The molecule has 2 heterocycles. The SMILES string of the molecule is c1cc(NC2=NCCN2)ccc1Cc1ccc(OC2CCCCO2)cc1. The van der Waals surface area contributed by atoms with E-state index in [-0.39, 0.29) is 6.29 Å². The van der Waals surface area contributed by atoms with Crippen molar-refractivity contribution in [2.24, 2.45) is 4.99 Å². The molecule has 0 aliphatic carbocycles. The number of hydrogen-bond acceptors (Lipinski definition) is 5. The van der Waals surface area contributed by atoms with E-state index in [1.807, 2.05) is 12.1 Å². The lowest BCUT2D eigenvalue weighted by Gasteiger charge is -2.23. The standard InChI is InChI=1S/C21H25N3O2/c1-2-14-25-20(3-1)26-19-10-6-17(7-11-19)15-16-4-8-18(9-5-16)24-21-22-12-13-23-21/h4-11,20H,1-3,12-15H2,(H2,22,23,24). The number of ether oxygens (including phenoxy) is 2. The Bertz CT molecular complexity index is 735. The molecule has 2 N–H and O–H groups in total. The summed E-state index contributed by atoms with van der Waals surface area (Å²) >= 11 is 0. The molecule has 26 heavy (non-hydrogen) atoms. The van der Waals surface area contributed by atoms with Gasteiger partial charge in [0.15, 0.2) is 12.2 Å². The van der Waals surface area contributed by atoms with Crippen LogP contribution >= 0.6 is 0 Å². The van der Waals surface area contributed by atoms with Crippen LogP contribution in [-0.2, 0) is 11.2 Å². The van der Waals surface area contributed by atoms with Gasteiger partial charge in [0.25, 0.3) is 0 Å². The molecule has 0 amide bonds. The molecule has 0 saturated carbocycles. The number of benzene rings is 2. The van der Waals surface area contributed by atoms with E-state index in [4.69, 9.17) is 9.47 Å². The lowest BCUT2D eigenvalue weighted by Crippen LogP contribution is -2.26. The monoisotopic (exact) mass is 351 g/mol. The molecule has 4 rings (SSSR count). The van der Waals surface area contributed by atoms with Crippen molar-refractivity contribution in [2.75, 3.05) is 25.0 Å². The summed E-state index contributed by atoms with van der Waals surface area (Å²) in [6, 6.07) is 16.8. The van der Waals surface area contributed by atoms with Gasteiger partial charge in [-0.05, 0) is 54.7 Å². The van der Waals surface area contributed by atoms with Crippen LogP contribution in [0.1, 0.15) is 30.4 Å². The number of hydrogen-bond donors (Lipinski definition) is 2. The van der Waals surface area contributed by atoms with E-state index in [1.165, 1.54) is 17.5 Å². The minimum atomic E-state index is -0.0893.